The molecule has 5 heterocycles. The summed E-state index contributed by atoms with van der Waals surface area (Å²) < 4.78 is 9.54. The van der Waals surface area contributed by atoms with Crippen molar-refractivity contribution in [3.63, 3.8) is 0 Å². The Morgan fingerprint density at radius 1 is 0.239 bits per heavy atom. The lowest BCUT2D eigenvalue weighted by atomic mass is 9.82. The molecule has 0 radical (unpaired) electrons. The molecule has 2 aliphatic rings. The van der Waals surface area contributed by atoms with Gasteiger partial charge < -0.3 is 9.13 Å². The highest BCUT2D eigenvalue weighted by Gasteiger charge is 2.37. The normalized spacial score (nSPS) is 13.8. The molecule has 5 aromatic heterocycles. The third-order valence-electron chi connectivity index (χ3n) is 21.0. The van der Waals surface area contributed by atoms with E-state index in [0.29, 0.717) is 5.95 Å². The number of hydrogen-bond donors (Lipinski definition) is 0. The quantitative estimate of drug-likeness (QED) is 0.167. The SMILES string of the molecule is CC1(C)c2ccccc2-c2ccc(-n3c4ccccc4c4cc(-c5ccc6c(c5)c5ccccc5n6-c5nc(-n6c7ccccc7c7cc(-c8ccc9c(c8)c8ccccc8n9-c8ccc9c(c8)C(C)(C)c8ccccc8-9)ccc76)c6ccccc6n5)ccc43)cc21. The van der Waals surface area contributed by atoms with Crippen LogP contribution in [0.1, 0.15) is 49.9 Å². The molecule has 432 valence electrons. The van der Waals surface area contributed by atoms with Crippen LogP contribution in [-0.4, -0.2) is 28.2 Å². The van der Waals surface area contributed by atoms with E-state index >= 15 is 0 Å². The van der Waals surface area contributed by atoms with E-state index in [1.807, 2.05) is 0 Å². The van der Waals surface area contributed by atoms with Gasteiger partial charge in [-0.2, -0.15) is 4.98 Å². The predicted molar refractivity (Wildman–Crippen MR) is 383 cm³/mol. The zero-order chi connectivity index (χ0) is 60.9. The highest BCUT2D eigenvalue weighted by molar-refractivity contribution is 6.15. The molecule has 6 heteroatoms. The van der Waals surface area contributed by atoms with Crippen LogP contribution in [0.15, 0.2) is 279 Å². The van der Waals surface area contributed by atoms with Crippen LogP contribution in [0.25, 0.3) is 166 Å². The summed E-state index contributed by atoms with van der Waals surface area (Å²) in [6.45, 7) is 9.44. The van der Waals surface area contributed by atoms with Crippen molar-refractivity contribution in [2.45, 2.75) is 38.5 Å². The highest BCUT2D eigenvalue weighted by Crippen LogP contribution is 2.52. The van der Waals surface area contributed by atoms with Gasteiger partial charge in [-0.05, 0) is 176 Å². The minimum absolute atomic E-state index is 0.0988. The van der Waals surface area contributed by atoms with Gasteiger partial charge in [0.05, 0.1) is 49.7 Å². The molecule has 0 atom stereocenters. The van der Waals surface area contributed by atoms with Gasteiger partial charge in [-0.25, -0.2) is 4.98 Å². The Balaban J connectivity index is 0.699. The van der Waals surface area contributed by atoms with Gasteiger partial charge in [0.25, 0.3) is 0 Å². The van der Waals surface area contributed by atoms with Crippen LogP contribution in [0.3, 0.4) is 0 Å². The minimum atomic E-state index is -0.0989. The first-order valence-electron chi connectivity index (χ1n) is 32.0. The van der Waals surface area contributed by atoms with E-state index in [1.165, 1.54) is 116 Å². The molecule has 20 rings (SSSR count). The number of rotatable bonds is 6. The van der Waals surface area contributed by atoms with Gasteiger partial charge in [0.1, 0.15) is 0 Å². The molecule has 0 N–H and O–H groups in total. The third kappa shape index (κ3) is 6.98. The molecule has 0 spiro atoms. The van der Waals surface area contributed by atoms with Crippen molar-refractivity contribution in [2.24, 2.45) is 0 Å². The Kier molecular flexibility index (Phi) is 10.3. The first-order valence-corrected chi connectivity index (χ1v) is 32.0. The second-order valence-corrected chi connectivity index (χ2v) is 26.5. The minimum Gasteiger partial charge on any atom is -0.309 e. The summed E-state index contributed by atoms with van der Waals surface area (Å²) in [6.07, 6.45) is 0. The molecule has 92 heavy (non-hydrogen) atoms. The number of fused-ring (bicyclic) bond motifs is 19. The third-order valence-corrected chi connectivity index (χ3v) is 21.0. The van der Waals surface area contributed by atoms with Crippen LogP contribution in [0.5, 0.6) is 0 Å². The molecule has 13 aromatic carbocycles. The van der Waals surface area contributed by atoms with Crippen molar-refractivity contribution in [1.82, 2.24) is 28.2 Å². The van der Waals surface area contributed by atoms with Crippen LogP contribution in [0, 0.1) is 0 Å². The maximum Gasteiger partial charge on any atom is 0.237 e. The van der Waals surface area contributed by atoms with Gasteiger partial charge in [0, 0.05) is 70.7 Å². The van der Waals surface area contributed by atoms with Gasteiger partial charge in [-0.1, -0.05) is 198 Å². The summed E-state index contributed by atoms with van der Waals surface area (Å²) in [5, 5.41) is 10.5. The fourth-order valence-electron chi connectivity index (χ4n) is 16.6. The Morgan fingerprint density at radius 3 is 1.01 bits per heavy atom. The first kappa shape index (κ1) is 51.3. The smallest absolute Gasteiger partial charge is 0.237 e. The molecule has 6 nitrogen and oxygen atoms in total. The number of nitrogens with zero attached hydrogens (tertiary/aromatic N) is 6. The molecule has 0 saturated carbocycles. The van der Waals surface area contributed by atoms with Gasteiger partial charge in [0.15, 0.2) is 5.82 Å². The second kappa shape index (κ2) is 18.5. The standard InChI is InChI=1S/C86H58N6/c1-85(2)70-26-12-5-19-57(70)59-39-37-55(49-72(59)85)89-75-29-15-8-21-61(75)66-45-51(33-41-79(66)89)53-35-43-81-68(47-53)63-23-10-17-31-77(63)91(81)83-65-25-7-14-28-74(65)87-84(88-83)92-78-32-18-11-24-64(78)69-48-54(36-44-82(69)92)52-34-42-80-67(46-52)62-22-9-16-30-76(62)90(80)56-38-40-60-58-20-6-13-27-71(58)86(3,4)73(60)50-56/h5-50H,1-4H3. The van der Waals surface area contributed by atoms with E-state index in [9.17, 15) is 0 Å². The maximum atomic E-state index is 5.71. The molecule has 0 bridgehead atoms. The fourth-order valence-corrected chi connectivity index (χ4v) is 16.6. The van der Waals surface area contributed by atoms with E-state index in [1.54, 1.807) is 0 Å². The summed E-state index contributed by atoms with van der Waals surface area (Å²) in [5.74, 6) is 1.45. The van der Waals surface area contributed by atoms with Crippen molar-refractivity contribution in [3.8, 4) is 67.6 Å². The highest BCUT2D eigenvalue weighted by atomic mass is 15.2. The molecular formula is C86H58N6. The monoisotopic (exact) mass is 1170 g/mol. The lowest BCUT2D eigenvalue weighted by Crippen LogP contribution is -2.15. The second-order valence-electron chi connectivity index (χ2n) is 26.5. The van der Waals surface area contributed by atoms with Crippen LogP contribution in [-0.2, 0) is 10.8 Å². The number of hydrogen-bond acceptors (Lipinski definition) is 2. The Labute approximate surface area is 530 Å². The average molecular weight is 1180 g/mol. The molecule has 0 fully saturated rings. The molecule has 18 aromatic rings. The van der Waals surface area contributed by atoms with E-state index in [2.05, 4.69) is 325 Å². The van der Waals surface area contributed by atoms with E-state index < -0.39 is 0 Å². The van der Waals surface area contributed by atoms with Crippen LogP contribution < -0.4 is 0 Å². The number of para-hydroxylation sites is 5. The molecule has 0 saturated heterocycles. The van der Waals surface area contributed by atoms with Crippen LogP contribution in [0.2, 0.25) is 0 Å². The summed E-state index contributed by atoms with van der Waals surface area (Å²) in [7, 11) is 0. The summed E-state index contributed by atoms with van der Waals surface area (Å²) in [4.78, 5) is 11.2. The zero-order valence-electron chi connectivity index (χ0n) is 51.2. The summed E-state index contributed by atoms with van der Waals surface area (Å²) >= 11 is 0. The van der Waals surface area contributed by atoms with E-state index in [4.69, 9.17) is 9.97 Å². The van der Waals surface area contributed by atoms with Gasteiger partial charge in [-0.15, -0.1) is 0 Å². The molecular weight excluding hydrogens is 1120 g/mol. The van der Waals surface area contributed by atoms with Gasteiger partial charge in [-0.3, -0.25) is 9.13 Å². The van der Waals surface area contributed by atoms with Crippen LogP contribution >= 0.6 is 0 Å². The fraction of sp³-hybridized carbons (Fsp3) is 0.0698. The lowest BCUT2D eigenvalue weighted by Gasteiger charge is -2.22. The van der Waals surface area contributed by atoms with Crippen molar-refractivity contribution >= 4 is 98.1 Å². The molecule has 0 aliphatic heterocycles. The maximum absolute atomic E-state index is 5.71. The summed E-state index contributed by atoms with van der Waals surface area (Å²) in [6, 6.07) is 103. The van der Waals surface area contributed by atoms with E-state index in [0.717, 1.165) is 66.1 Å². The first-order chi connectivity index (χ1) is 45.1. The van der Waals surface area contributed by atoms with Crippen molar-refractivity contribution in [3.05, 3.63) is 301 Å². The Morgan fingerprint density at radius 2 is 0.565 bits per heavy atom. The van der Waals surface area contributed by atoms with Crippen molar-refractivity contribution in [2.75, 3.05) is 0 Å². The van der Waals surface area contributed by atoms with Gasteiger partial charge in [0.2, 0.25) is 5.95 Å². The zero-order valence-corrected chi connectivity index (χ0v) is 51.2. The topological polar surface area (TPSA) is 45.5 Å². The average Bonchev–Trinajstić information content (AvgIpc) is 1.60. The molecule has 0 amide bonds. The Bertz CT molecular complexity index is 6270. The lowest BCUT2D eigenvalue weighted by molar-refractivity contribution is 0.660. The van der Waals surface area contributed by atoms with Crippen LogP contribution in [0.4, 0.5) is 0 Å². The molecule has 2 aliphatic carbocycles. The van der Waals surface area contributed by atoms with Gasteiger partial charge >= 0.3 is 0 Å². The van der Waals surface area contributed by atoms with Crippen molar-refractivity contribution < 1.29 is 0 Å². The predicted octanol–water partition coefficient (Wildman–Crippen LogP) is 22.0. The largest absolute Gasteiger partial charge is 0.309 e. The number of benzene rings is 13. The number of aromatic nitrogens is 6. The molecule has 0 unspecified atom stereocenters. The Hall–Kier alpha value is -11.6. The van der Waals surface area contributed by atoms with E-state index in [-0.39, 0.29) is 10.8 Å². The summed E-state index contributed by atoms with van der Waals surface area (Å²) in [5.41, 5.74) is 27.6. The van der Waals surface area contributed by atoms with Crippen molar-refractivity contribution in [1.29, 1.82) is 0 Å².